The Morgan fingerprint density at radius 3 is 2.67 bits per heavy atom. The van der Waals surface area contributed by atoms with Crippen LogP contribution in [-0.2, 0) is 4.74 Å². The SMILES string of the molecule is O[C@H]1[C@H](O)COC(c2cc3ccccc3[nH]2)[C@@H]1O. The highest BCUT2D eigenvalue weighted by molar-refractivity contribution is 5.80. The van der Waals surface area contributed by atoms with E-state index in [9.17, 15) is 15.3 Å². The molecule has 1 aromatic heterocycles. The summed E-state index contributed by atoms with van der Waals surface area (Å²) in [5.41, 5.74) is 1.65. The third-order valence-electron chi connectivity index (χ3n) is 3.36. The van der Waals surface area contributed by atoms with Gasteiger partial charge in [0, 0.05) is 11.2 Å². The van der Waals surface area contributed by atoms with Crippen LogP contribution in [0.3, 0.4) is 0 Å². The van der Waals surface area contributed by atoms with E-state index in [1.165, 1.54) is 0 Å². The first-order valence-corrected chi connectivity index (χ1v) is 5.90. The number of hydrogen-bond acceptors (Lipinski definition) is 4. The van der Waals surface area contributed by atoms with E-state index < -0.39 is 24.4 Å². The number of fused-ring (bicyclic) bond motifs is 1. The third-order valence-corrected chi connectivity index (χ3v) is 3.36. The van der Waals surface area contributed by atoms with E-state index in [-0.39, 0.29) is 6.61 Å². The fourth-order valence-corrected chi connectivity index (χ4v) is 2.33. The van der Waals surface area contributed by atoms with Crippen LogP contribution < -0.4 is 0 Å². The van der Waals surface area contributed by atoms with Gasteiger partial charge in [0.25, 0.3) is 0 Å². The summed E-state index contributed by atoms with van der Waals surface area (Å²) < 4.78 is 5.40. The zero-order chi connectivity index (χ0) is 12.7. The summed E-state index contributed by atoms with van der Waals surface area (Å²) in [4.78, 5) is 3.15. The van der Waals surface area contributed by atoms with E-state index >= 15 is 0 Å². The zero-order valence-electron chi connectivity index (χ0n) is 9.65. The van der Waals surface area contributed by atoms with E-state index in [0.29, 0.717) is 5.69 Å². The summed E-state index contributed by atoms with van der Waals surface area (Å²) in [6.45, 7) is 0.0122. The van der Waals surface area contributed by atoms with Gasteiger partial charge in [-0.05, 0) is 17.5 Å². The van der Waals surface area contributed by atoms with E-state index in [4.69, 9.17) is 4.74 Å². The number of rotatable bonds is 1. The van der Waals surface area contributed by atoms with Gasteiger partial charge in [0.2, 0.25) is 0 Å². The van der Waals surface area contributed by atoms with Gasteiger partial charge in [0.1, 0.15) is 24.4 Å². The standard InChI is InChI=1S/C13H15NO4/c15-10-6-18-13(12(17)11(10)16)9-5-7-3-1-2-4-8(7)14-9/h1-5,10-17H,6H2/t10-,11+,12-,13?/m1/s1. The van der Waals surface area contributed by atoms with Crippen LogP contribution in [0.1, 0.15) is 11.8 Å². The van der Waals surface area contributed by atoms with Crippen LogP contribution in [0, 0.1) is 0 Å². The minimum Gasteiger partial charge on any atom is -0.388 e. The van der Waals surface area contributed by atoms with Crippen LogP contribution in [0.15, 0.2) is 30.3 Å². The lowest BCUT2D eigenvalue weighted by Crippen LogP contribution is -2.49. The lowest BCUT2D eigenvalue weighted by atomic mass is 9.98. The van der Waals surface area contributed by atoms with Crippen LogP contribution in [-0.4, -0.2) is 45.2 Å². The Morgan fingerprint density at radius 1 is 1.11 bits per heavy atom. The zero-order valence-corrected chi connectivity index (χ0v) is 9.65. The maximum absolute atomic E-state index is 9.93. The van der Waals surface area contributed by atoms with Crippen molar-refractivity contribution >= 4 is 10.9 Å². The molecule has 1 aliphatic heterocycles. The highest BCUT2D eigenvalue weighted by atomic mass is 16.5. The molecule has 0 amide bonds. The third kappa shape index (κ3) is 1.81. The van der Waals surface area contributed by atoms with E-state index in [2.05, 4.69) is 4.98 Å². The number of ether oxygens (including phenoxy) is 1. The first-order chi connectivity index (χ1) is 8.66. The molecule has 1 aliphatic rings. The van der Waals surface area contributed by atoms with Crippen molar-refractivity contribution in [2.45, 2.75) is 24.4 Å². The molecule has 18 heavy (non-hydrogen) atoms. The fraction of sp³-hybridized carbons (Fsp3) is 0.385. The number of aromatic amines is 1. The maximum Gasteiger partial charge on any atom is 0.126 e. The molecule has 0 radical (unpaired) electrons. The van der Waals surface area contributed by atoms with Crippen molar-refractivity contribution in [1.29, 1.82) is 0 Å². The second-order valence-electron chi connectivity index (χ2n) is 4.61. The number of aliphatic hydroxyl groups is 3. The molecule has 4 N–H and O–H groups in total. The maximum atomic E-state index is 9.93. The van der Waals surface area contributed by atoms with E-state index in [1.807, 2.05) is 30.3 Å². The second kappa shape index (κ2) is 4.37. The average molecular weight is 249 g/mol. The lowest BCUT2D eigenvalue weighted by molar-refractivity contribution is -0.190. The molecular weight excluding hydrogens is 234 g/mol. The van der Waals surface area contributed by atoms with Gasteiger partial charge in [-0.1, -0.05) is 18.2 Å². The molecule has 5 nitrogen and oxygen atoms in total. The molecule has 1 fully saturated rings. The van der Waals surface area contributed by atoms with E-state index in [1.54, 1.807) is 0 Å². The Morgan fingerprint density at radius 2 is 1.89 bits per heavy atom. The Bertz CT molecular complexity index is 520. The van der Waals surface area contributed by atoms with Crippen molar-refractivity contribution in [2.75, 3.05) is 6.61 Å². The number of benzene rings is 1. The Balaban J connectivity index is 1.94. The first-order valence-electron chi connectivity index (χ1n) is 5.90. The number of hydrogen-bond donors (Lipinski definition) is 4. The molecule has 0 bridgehead atoms. The Kier molecular flexibility index (Phi) is 2.83. The molecular formula is C13H15NO4. The topological polar surface area (TPSA) is 85.7 Å². The molecule has 2 aromatic rings. The molecule has 96 valence electrons. The highest BCUT2D eigenvalue weighted by Crippen LogP contribution is 2.30. The van der Waals surface area contributed by atoms with Crippen LogP contribution in [0.2, 0.25) is 0 Å². The normalized spacial score (nSPS) is 32.8. The van der Waals surface area contributed by atoms with Crippen LogP contribution in [0.25, 0.3) is 10.9 Å². The molecule has 0 aliphatic carbocycles. The smallest absolute Gasteiger partial charge is 0.126 e. The van der Waals surface area contributed by atoms with Crippen molar-refractivity contribution in [1.82, 2.24) is 4.98 Å². The van der Waals surface area contributed by atoms with Gasteiger partial charge in [0.05, 0.1) is 6.61 Å². The molecule has 1 saturated heterocycles. The molecule has 3 rings (SSSR count). The summed E-state index contributed by atoms with van der Waals surface area (Å²) in [6, 6.07) is 9.61. The van der Waals surface area contributed by atoms with Crippen molar-refractivity contribution in [3.63, 3.8) is 0 Å². The molecule has 5 heteroatoms. The number of para-hydroxylation sites is 1. The minimum atomic E-state index is -1.19. The van der Waals surface area contributed by atoms with Crippen LogP contribution >= 0.6 is 0 Å². The van der Waals surface area contributed by atoms with Gasteiger partial charge >= 0.3 is 0 Å². The van der Waals surface area contributed by atoms with Crippen molar-refractivity contribution in [3.05, 3.63) is 36.0 Å². The van der Waals surface area contributed by atoms with Gasteiger partial charge < -0.3 is 25.0 Å². The van der Waals surface area contributed by atoms with Gasteiger partial charge in [-0.15, -0.1) is 0 Å². The largest absolute Gasteiger partial charge is 0.388 e. The van der Waals surface area contributed by atoms with Crippen molar-refractivity contribution in [2.24, 2.45) is 0 Å². The van der Waals surface area contributed by atoms with Gasteiger partial charge in [-0.25, -0.2) is 0 Å². The Hall–Kier alpha value is -1.40. The van der Waals surface area contributed by atoms with Crippen molar-refractivity contribution < 1.29 is 20.1 Å². The van der Waals surface area contributed by atoms with Crippen molar-refractivity contribution in [3.8, 4) is 0 Å². The molecule has 0 spiro atoms. The number of aliphatic hydroxyl groups excluding tert-OH is 3. The number of nitrogens with one attached hydrogen (secondary N) is 1. The lowest BCUT2D eigenvalue weighted by Gasteiger charge is -2.34. The molecule has 4 atom stereocenters. The molecule has 1 aromatic carbocycles. The summed E-state index contributed by atoms with van der Waals surface area (Å²) in [6.07, 6.45) is -4.01. The van der Waals surface area contributed by atoms with E-state index in [0.717, 1.165) is 10.9 Å². The predicted octanol–water partition coefficient (Wildman–Crippen LogP) is 0.322. The fourth-order valence-electron chi connectivity index (χ4n) is 2.33. The van der Waals surface area contributed by atoms with Gasteiger partial charge in [0.15, 0.2) is 0 Å². The molecule has 1 unspecified atom stereocenters. The Labute approximate surface area is 104 Å². The first kappa shape index (κ1) is 11.7. The quantitative estimate of drug-likeness (QED) is 0.586. The summed E-state index contributed by atoms with van der Waals surface area (Å²) in [5, 5.41) is 30.0. The number of aromatic nitrogens is 1. The highest BCUT2D eigenvalue weighted by Gasteiger charge is 2.38. The van der Waals surface area contributed by atoms with Crippen LogP contribution in [0.5, 0.6) is 0 Å². The summed E-state index contributed by atoms with van der Waals surface area (Å²) in [5.74, 6) is 0. The monoisotopic (exact) mass is 249 g/mol. The average Bonchev–Trinajstić information content (AvgIpc) is 2.79. The van der Waals surface area contributed by atoms with Gasteiger partial charge in [-0.2, -0.15) is 0 Å². The predicted molar refractivity (Wildman–Crippen MR) is 65.0 cm³/mol. The second-order valence-corrected chi connectivity index (χ2v) is 4.61. The minimum absolute atomic E-state index is 0.0122. The summed E-state index contributed by atoms with van der Waals surface area (Å²) >= 11 is 0. The summed E-state index contributed by atoms with van der Waals surface area (Å²) in [7, 11) is 0. The molecule has 0 saturated carbocycles. The van der Waals surface area contributed by atoms with Crippen LogP contribution in [0.4, 0.5) is 0 Å². The van der Waals surface area contributed by atoms with Gasteiger partial charge in [-0.3, -0.25) is 0 Å². The number of H-pyrrole nitrogens is 1. The molecule has 2 heterocycles.